The van der Waals surface area contributed by atoms with E-state index in [4.69, 9.17) is 0 Å². The highest BCUT2D eigenvalue weighted by molar-refractivity contribution is 9.10. The van der Waals surface area contributed by atoms with Gasteiger partial charge in [-0.25, -0.2) is 0 Å². The summed E-state index contributed by atoms with van der Waals surface area (Å²) in [5.41, 5.74) is 2.50. The quantitative estimate of drug-likeness (QED) is 0.880. The Kier molecular flexibility index (Phi) is 5.55. The van der Waals surface area contributed by atoms with Crippen molar-refractivity contribution in [2.45, 2.75) is 25.8 Å². The van der Waals surface area contributed by atoms with Gasteiger partial charge in [-0.1, -0.05) is 37.3 Å². The minimum atomic E-state index is 0.432. The van der Waals surface area contributed by atoms with Crippen LogP contribution in [0.15, 0.2) is 53.1 Å². The zero-order chi connectivity index (χ0) is 13.5. The van der Waals surface area contributed by atoms with Gasteiger partial charge in [-0.15, -0.1) is 0 Å². The third kappa shape index (κ3) is 4.77. The number of nitrogens with zero attached hydrogens (tertiary/aromatic N) is 1. The second-order valence-corrected chi connectivity index (χ2v) is 5.53. The summed E-state index contributed by atoms with van der Waals surface area (Å²) in [5, 5.41) is 3.54. The molecule has 0 saturated heterocycles. The number of rotatable bonds is 6. The van der Waals surface area contributed by atoms with Crippen molar-refractivity contribution in [1.29, 1.82) is 0 Å². The van der Waals surface area contributed by atoms with Gasteiger partial charge in [-0.05, 0) is 46.6 Å². The van der Waals surface area contributed by atoms with Crippen LogP contribution in [0.3, 0.4) is 0 Å². The fourth-order valence-corrected chi connectivity index (χ4v) is 2.42. The topological polar surface area (TPSA) is 24.9 Å². The van der Waals surface area contributed by atoms with Crippen LogP contribution in [0.1, 0.15) is 18.2 Å². The lowest BCUT2D eigenvalue weighted by atomic mass is 10.0. The first-order valence-corrected chi connectivity index (χ1v) is 7.45. The third-order valence-electron chi connectivity index (χ3n) is 3.06. The molecule has 0 fully saturated rings. The Morgan fingerprint density at radius 1 is 1.11 bits per heavy atom. The van der Waals surface area contributed by atoms with E-state index in [1.54, 1.807) is 0 Å². The van der Waals surface area contributed by atoms with Crippen molar-refractivity contribution in [3.63, 3.8) is 0 Å². The van der Waals surface area contributed by atoms with Crippen LogP contribution in [-0.2, 0) is 12.8 Å². The summed E-state index contributed by atoms with van der Waals surface area (Å²) < 4.78 is 1.03. The normalized spacial score (nSPS) is 12.3. The number of benzene rings is 1. The summed E-state index contributed by atoms with van der Waals surface area (Å²) in [7, 11) is 0. The largest absolute Gasteiger partial charge is 0.314 e. The minimum absolute atomic E-state index is 0.432. The average Bonchev–Trinajstić information content (AvgIpc) is 2.43. The minimum Gasteiger partial charge on any atom is -0.314 e. The van der Waals surface area contributed by atoms with E-state index in [1.807, 2.05) is 12.3 Å². The Labute approximate surface area is 123 Å². The summed E-state index contributed by atoms with van der Waals surface area (Å²) in [6, 6.07) is 15.2. The molecule has 2 rings (SSSR count). The zero-order valence-electron chi connectivity index (χ0n) is 11.1. The molecule has 0 amide bonds. The van der Waals surface area contributed by atoms with Crippen LogP contribution in [0, 0.1) is 0 Å². The monoisotopic (exact) mass is 318 g/mol. The molecule has 0 spiro atoms. The van der Waals surface area contributed by atoms with E-state index >= 15 is 0 Å². The molecule has 2 aromatic rings. The van der Waals surface area contributed by atoms with Crippen molar-refractivity contribution in [3.8, 4) is 0 Å². The number of nitrogens with one attached hydrogen (secondary N) is 1. The Morgan fingerprint density at radius 3 is 2.53 bits per heavy atom. The summed E-state index contributed by atoms with van der Waals surface area (Å²) >= 11 is 3.42. The predicted octanol–water partition coefficient (Wildman–Crippen LogP) is 3.61. The Morgan fingerprint density at radius 2 is 1.89 bits per heavy atom. The number of hydrogen-bond donors (Lipinski definition) is 1. The third-order valence-corrected chi connectivity index (χ3v) is 3.53. The highest BCUT2D eigenvalue weighted by Gasteiger charge is 2.10. The first-order valence-electron chi connectivity index (χ1n) is 6.65. The van der Waals surface area contributed by atoms with Gasteiger partial charge in [0, 0.05) is 28.8 Å². The number of hydrogen-bond acceptors (Lipinski definition) is 2. The number of pyridine rings is 1. The van der Waals surface area contributed by atoms with Gasteiger partial charge < -0.3 is 5.32 Å². The van der Waals surface area contributed by atoms with Crippen LogP contribution in [-0.4, -0.2) is 17.6 Å². The second kappa shape index (κ2) is 7.41. The molecule has 0 aliphatic carbocycles. The fourth-order valence-electron chi connectivity index (χ4n) is 2.18. The van der Waals surface area contributed by atoms with Gasteiger partial charge in [0.15, 0.2) is 0 Å². The van der Waals surface area contributed by atoms with Gasteiger partial charge in [0.05, 0.1) is 0 Å². The second-order valence-electron chi connectivity index (χ2n) is 4.62. The van der Waals surface area contributed by atoms with Gasteiger partial charge >= 0.3 is 0 Å². The number of aromatic nitrogens is 1. The summed E-state index contributed by atoms with van der Waals surface area (Å²) in [4.78, 5) is 4.46. The Hall–Kier alpha value is -1.19. The van der Waals surface area contributed by atoms with E-state index in [2.05, 4.69) is 69.6 Å². The Bertz CT molecular complexity index is 482. The van der Waals surface area contributed by atoms with Gasteiger partial charge in [-0.3, -0.25) is 4.98 Å². The summed E-state index contributed by atoms with van der Waals surface area (Å²) in [6.07, 6.45) is 3.85. The molecule has 1 heterocycles. The molecule has 0 aliphatic heterocycles. The van der Waals surface area contributed by atoms with E-state index in [-0.39, 0.29) is 0 Å². The van der Waals surface area contributed by atoms with E-state index in [0.29, 0.717) is 6.04 Å². The van der Waals surface area contributed by atoms with Crippen LogP contribution in [0.25, 0.3) is 0 Å². The van der Waals surface area contributed by atoms with Gasteiger partial charge in [-0.2, -0.15) is 0 Å². The predicted molar refractivity (Wildman–Crippen MR) is 83.3 cm³/mol. The van der Waals surface area contributed by atoms with Crippen LogP contribution in [0.4, 0.5) is 0 Å². The van der Waals surface area contributed by atoms with Crippen LogP contribution in [0.5, 0.6) is 0 Å². The first kappa shape index (κ1) is 14.2. The smallest absolute Gasteiger partial charge is 0.0420 e. The van der Waals surface area contributed by atoms with E-state index < -0.39 is 0 Å². The summed E-state index contributed by atoms with van der Waals surface area (Å²) in [6.45, 7) is 3.13. The lowest BCUT2D eigenvalue weighted by Gasteiger charge is -2.17. The molecule has 1 atom stereocenters. The standard InChI is InChI=1S/C16H19BrN2/c1-2-18-16(10-13-6-4-3-5-7-13)11-15-9-8-14(17)12-19-15/h3-9,12,16,18H,2,10-11H2,1H3. The van der Waals surface area contributed by atoms with Crippen molar-refractivity contribution in [1.82, 2.24) is 10.3 Å². The average molecular weight is 319 g/mol. The lowest BCUT2D eigenvalue weighted by molar-refractivity contribution is 0.516. The lowest BCUT2D eigenvalue weighted by Crippen LogP contribution is -2.33. The summed E-state index contributed by atoms with van der Waals surface area (Å²) in [5.74, 6) is 0. The van der Waals surface area contributed by atoms with Gasteiger partial charge in [0.25, 0.3) is 0 Å². The molecule has 1 aromatic heterocycles. The van der Waals surface area contributed by atoms with Crippen molar-refractivity contribution >= 4 is 15.9 Å². The zero-order valence-corrected chi connectivity index (χ0v) is 12.7. The molecular weight excluding hydrogens is 300 g/mol. The van der Waals surface area contributed by atoms with Crippen molar-refractivity contribution < 1.29 is 0 Å². The SMILES string of the molecule is CCNC(Cc1ccccc1)Cc1ccc(Br)cn1. The molecule has 1 unspecified atom stereocenters. The van der Waals surface area contributed by atoms with Gasteiger partial charge in [0.1, 0.15) is 0 Å². The molecule has 2 nitrogen and oxygen atoms in total. The van der Waals surface area contributed by atoms with E-state index in [9.17, 15) is 0 Å². The maximum Gasteiger partial charge on any atom is 0.0420 e. The molecule has 19 heavy (non-hydrogen) atoms. The number of likely N-dealkylation sites (N-methyl/N-ethyl adjacent to an activating group) is 1. The molecular formula is C16H19BrN2. The molecule has 1 N–H and O–H groups in total. The molecule has 1 aromatic carbocycles. The van der Waals surface area contributed by atoms with Crippen LogP contribution in [0.2, 0.25) is 0 Å². The molecule has 0 saturated carbocycles. The molecule has 3 heteroatoms. The molecule has 0 bridgehead atoms. The van der Waals surface area contributed by atoms with Crippen molar-refractivity contribution in [2.24, 2.45) is 0 Å². The first-order chi connectivity index (χ1) is 9.28. The van der Waals surface area contributed by atoms with Crippen LogP contribution >= 0.6 is 15.9 Å². The highest BCUT2D eigenvalue weighted by atomic mass is 79.9. The van der Waals surface area contributed by atoms with E-state index in [0.717, 1.165) is 29.6 Å². The van der Waals surface area contributed by atoms with Crippen LogP contribution < -0.4 is 5.32 Å². The highest BCUT2D eigenvalue weighted by Crippen LogP contribution is 2.11. The number of halogens is 1. The van der Waals surface area contributed by atoms with E-state index in [1.165, 1.54) is 5.56 Å². The van der Waals surface area contributed by atoms with Crippen molar-refractivity contribution in [2.75, 3.05) is 6.54 Å². The van der Waals surface area contributed by atoms with Gasteiger partial charge in [0.2, 0.25) is 0 Å². The molecule has 0 radical (unpaired) electrons. The Balaban J connectivity index is 2.01. The molecule has 0 aliphatic rings. The fraction of sp³-hybridized carbons (Fsp3) is 0.312. The van der Waals surface area contributed by atoms with Crippen molar-refractivity contribution in [3.05, 3.63) is 64.4 Å². The molecule has 100 valence electrons. The maximum atomic E-state index is 4.46. The maximum absolute atomic E-state index is 4.46.